The number of benzene rings is 1. The molecule has 0 spiro atoms. The molecule has 98 valence electrons. The predicted molar refractivity (Wildman–Crippen MR) is 71.2 cm³/mol. The lowest BCUT2D eigenvalue weighted by atomic mass is 9.81. The van der Waals surface area contributed by atoms with Gasteiger partial charge in [-0.25, -0.2) is 4.39 Å². The Morgan fingerprint density at radius 1 is 1.17 bits per heavy atom. The minimum absolute atomic E-state index is 0.129. The largest absolute Gasteiger partial charge is 0.462 e. The third-order valence-electron chi connectivity index (χ3n) is 3.69. The summed E-state index contributed by atoms with van der Waals surface area (Å²) in [5, 5.41) is 0.129. The lowest BCUT2D eigenvalue weighted by Crippen LogP contribution is -2.41. The Morgan fingerprint density at radius 3 is 2.22 bits per heavy atom. The minimum Gasteiger partial charge on any atom is -0.403 e. The highest BCUT2D eigenvalue weighted by Crippen LogP contribution is 2.37. The zero-order chi connectivity index (χ0) is 13.6. The van der Waals surface area contributed by atoms with Crippen molar-refractivity contribution in [3.8, 4) is 0 Å². The zero-order valence-electron chi connectivity index (χ0n) is 11.1. The van der Waals surface area contributed by atoms with Gasteiger partial charge in [-0.2, -0.15) is 0 Å². The van der Waals surface area contributed by atoms with Gasteiger partial charge in [0.2, 0.25) is 0 Å². The molecular weight excluding hydrogens is 253 g/mol. The number of rotatable bonds is 2. The molecule has 0 atom stereocenters. The molecule has 2 nitrogen and oxygen atoms in total. The Balaban J connectivity index is 2.10. The van der Waals surface area contributed by atoms with Crippen LogP contribution in [0.15, 0.2) is 18.2 Å². The Labute approximate surface area is 113 Å². The van der Waals surface area contributed by atoms with Crippen LogP contribution >= 0.6 is 11.6 Å². The summed E-state index contributed by atoms with van der Waals surface area (Å²) < 4.78 is 24.8. The summed E-state index contributed by atoms with van der Waals surface area (Å²) in [5.41, 5.74) is 0.211. The second-order valence-corrected chi connectivity index (χ2v) is 6.05. The van der Waals surface area contributed by atoms with Gasteiger partial charge >= 0.3 is 7.12 Å². The average Bonchev–Trinajstić information content (AvgIpc) is 2.41. The van der Waals surface area contributed by atoms with Crippen LogP contribution in [0.2, 0.25) is 5.02 Å². The average molecular weight is 271 g/mol. The van der Waals surface area contributed by atoms with E-state index in [4.69, 9.17) is 20.9 Å². The van der Waals surface area contributed by atoms with Crippen LogP contribution in [-0.2, 0) is 15.6 Å². The summed E-state index contributed by atoms with van der Waals surface area (Å²) in [6, 6.07) is 4.68. The Morgan fingerprint density at radius 2 is 1.72 bits per heavy atom. The van der Waals surface area contributed by atoms with Crippen LogP contribution in [0.25, 0.3) is 0 Å². The van der Waals surface area contributed by atoms with Crippen LogP contribution in [0, 0.1) is 5.82 Å². The van der Waals surface area contributed by atoms with Gasteiger partial charge in [-0.1, -0.05) is 17.7 Å². The van der Waals surface area contributed by atoms with Crippen LogP contribution in [0.1, 0.15) is 33.3 Å². The Kier molecular flexibility index (Phi) is 3.47. The molecule has 2 rings (SSSR count). The molecule has 0 amide bonds. The Hall–Kier alpha value is -0.575. The second kappa shape index (κ2) is 4.51. The quantitative estimate of drug-likeness (QED) is 0.764. The van der Waals surface area contributed by atoms with Crippen molar-refractivity contribution in [3.63, 3.8) is 0 Å². The van der Waals surface area contributed by atoms with E-state index in [1.807, 2.05) is 27.7 Å². The topological polar surface area (TPSA) is 18.5 Å². The van der Waals surface area contributed by atoms with E-state index in [1.54, 1.807) is 12.1 Å². The smallest absolute Gasteiger partial charge is 0.403 e. The zero-order valence-corrected chi connectivity index (χ0v) is 11.8. The highest BCUT2D eigenvalue weighted by atomic mass is 35.5. The van der Waals surface area contributed by atoms with Gasteiger partial charge < -0.3 is 9.31 Å². The van der Waals surface area contributed by atoms with Gasteiger partial charge in [-0.05, 0) is 45.4 Å². The molecule has 0 aromatic heterocycles. The molecule has 1 fully saturated rings. The molecule has 0 radical (unpaired) electrons. The summed E-state index contributed by atoms with van der Waals surface area (Å²) in [6.45, 7) is 8.02. The van der Waals surface area contributed by atoms with E-state index >= 15 is 0 Å². The van der Waals surface area contributed by atoms with Gasteiger partial charge in [-0.15, -0.1) is 0 Å². The maximum atomic E-state index is 13.1. The van der Waals surface area contributed by atoms with Crippen molar-refractivity contribution in [1.82, 2.24) is 0 Å². The molecule has 1 aliphatic heterocycles. The van der Waals surface area contributed by atoms with Crippen molar-refractivity contribution in [2.45, 2.75) is 45.2 Å². The monoisotopic (exact) mass is 270 g/mol. The van der Waals surface area contributed by atoms with Crippen LogP contribution in [-0.4, -0.2) is 18.3 Å². The summed E-state index contributed by atoms with van der Waals surface area (Å²) in [6.07, 6.45) is 0.562. The molecule has 1 aromatic carbocycles. The van der Waals surface area contributed by atoms with Crippen LogP contribution < -0.4 is 0 Å². The fraction of sp³-hybridized carbons (Fsp3) is 0.538. The molecule has 1 saturated heterocycles. The first-order valence-corrected chi connectivity index (χ1v) is 6.39. The molecule has 0 N–H and O–H groups in total. The summed E-state index contributed by atoms with van der Waals surface area (Å²) in [5.74, 6) is -0.408. The summed E-state index contributed by atoms with van der Waals surface area (Å²) in [4.78, 5) is 0. The van der Waals surface area contributed by atoms with Gasteiger partial charge in [0, 0.05) is 6.32 Å². The van der Waals surface area contributed by atoms with Gasteiger partial charge in [0.25, 0.3) is 0 Å². The normalized spacial score (nSPS) is 21.3. The lowest BCUT2D eigenvalue weighted by molar-refractivity contribution is 0.00578. The molecule has 0 bridgehead atoms. The van der Waals surface area contributed by atoms with Gasteiger partial charge in [-0.3, -0.25) is 0 Å². The van der Waals surface area contributed by atoms with E-state index in [9.17, 15) is 4.39 Å². The van der Waals surface area contributed by atoms with E-state index in [0.717, 1.165) is 5.56 Å². The van der Waals surface area contributed by atoms with E-state index in [2.05, 4.69) is 0 Å². The molecule has 5 heteroatoms. The van der Waals surface area contributed by atoms with Crippen molar-refractivity contribution in [2.75, 3.05) is 0 Å². The maximum Gasteiger partial charge on any atom is 0.462 e. The third kappa shape index (κ3) is 2.56. The molecule has 18 heavy (non-hydrogen) atoms. The van der Waals surface area contributed by atoms with Crippen molar-refractivity contribution in [3.05, 3.63) is 34.6 Å². The minimum atomic E-state index is -0.408. The van der Waals surface area contributed by atoms with Crippen molar-refractivity contribution >= 4 is 18.7 Å². The molecule has 0 unspecified atom stereocenters. The number of halogens is 2. The first-order valence-electron chi connectivity index (χ1n) is 6.01. The van der Waals surface area contributed by atoms with Gasteiger partial charge in [0.1, 0.15) is 5.82 Å². The predicted octanol–water partition coefficient (Wildman–Crippen LogP) is 3.65. The van der Waals surface area contributed by atoms with E-state index in [1.165, 1.54) is 6.07 Å². The van der Waals surface area contributed by atoms with Crippen LogP contribution in [0.5, 0.6) is 0 Å². The van der Waals surface area contributed by atoms with Gasteiger partial charge in [0.05, 0.1) is 16.2 Å². The van der Waals surface area contributed by atoms with Gasteiger partial charge in [0.15, 0.2) is 0 Å². The molecular formula is C13H17BClFO2. The van der Waals surface area contributed by atoms with Crippen molar-refractivity contribution < 1.29 is 13.7 Å². The van der Waals surface area contributed by atoms with Crippen LogP contribution in [0.4, 0.5) is 4.39 Å². The second-order valence-electron chi connectivity index (χ2n) is 5.64. The standard InChI is InChI=1S/C13H17BClFO2/c1-12(2)13(3,4)18-14(17-12)8-9-5-6-11(16)10(15)7-9/h5-7H,8H2,1-4H3. The molecule has 0 saturated carbocycles. The van der Waals surface area contributed by atoms with Crippen LogP contribution in [0.3, 0.4) is 0 Å². The fourth-order valence-corrected chi connectivity index (χ4v) is 2.11. The molecule has 1 aliphatic rings. The fourth-order valence-electron chi connectivity index (χ4n) is 1.91. The lowest BCUT2D eigenvalue weighted by Gasteiger charge is -2.32. The first-order chi connectivity index (χ1) is 8.21. The molecule has 1 heterocycles. The van der Waals surface area contributed by atoms with E-state index in [-0.39, 0.29) is 23.3 Å². The third-order valence-corrected chi connectivity index (χ3v) is 3.98. The van der Waals surface area contributed by atoms with E-state index in [0.29, 0.717) is 6.32 Å². The maximum absolute atomic E-state index is 13.1. The highest BCUT2D eigenvalue weighted by molar-refractivity contribution is 6.45. The highest BCUT2D eigenvalue weighted by Gasteiger charge is 2.50. The molecule has 0 aliphatic carbocycles. The van der Waals surface area contributed by atoms with Crippen molar-refractivity contribution in [1.29, 1.82) is 0 Å². The summed E-state index contributed by atoms with van der Waals surface area (Å²) >= 11 is 5.75. The van der Waals surface area contributed by atoms with E-state index < -0.39 is 5.82 Å². The first kappa shape index (κ1) is 13.8. The summed E-state index contributed by atoms with van der Waals surface area (Å²) in [7, 11) is -0.323. The Bertz CT molecular complexity index is 446. The SMILES string of the molecule is CC1(C)OB(Cc2ccc(F)c(Cl)c2)OC1(C)C. The number of hydrogen-bond acceptors (Lipinski definition) is 2. The number of hydrogen-bond donors (Lipinski definition) is 0. The van der Waals surface area contributed by atoms with Crippen molar-refractivity contribution in [2.24, 2.45) is 0 Å². The molecule has 1 aromatic rings.